The maximum absolute atomic E-state index is 15.3. The fourth-order valence-corrected chi connectivity index (χ4v) is 6.25. The van der Waals surface area contributed by atoms with Crippen LogP contribution < -0.4 is 19.1 Å². The van der Waals surface area contributed by atoms with Gasteiger partial charge in [-0.05, 0) is 37.3 Å². The van der Waals surface area contributed by atoms with Crippen LogP contribution in [0.2, 0.25) is 0 Å². The average Bonchev–Trinajstić information content (AvgIpc) is 3.41. The van der Waals surface area contributed by atoms with Gasteiger partial charge in [0.2, 0.25) is 0 Å². The first-order valence-electron chi connectivity index (χ1n) is 11.3. The number of hydrogen-bond acceptors (Lipinski definition) is 7. The third-order valence-electron chi connectivity index (χ3n) is 5.74. The van der Waals surface area contributed by atoms with Crippen molar-refractivity contribution in [3.05, 3.63) is 94.8 Å². The average molecular weight is 564 g/mol. The minimum atomic E-state index is -4.77. The number of anilines is 2. The first-order valence-corrected chi connectivity index (χ1v) is 13.6. The molecule has 0 radical (unpaired) electrons. The van der Waals surface area contributed by atoms with Gasteiger partial charge in [-0.3, -0.25) is 0 Å². The third-order valence-corrected chi connectivity index (χ3v) is 8.44. The number of nitrogens with zero attached hydrogens (tertiary/aromatic N) is 2. The number of halogens is 3. The largest absolute Gasteiger partial charge is 0.497 e. The maximum Gasteiger partial charge on any atom is 0.272 e. The SMILES string of the molecule is COc1ccc(CN(c2nccs2)S(=O)(=O)c2c(F)cc(NC(C)c3ccccc3F)cc2F)c(OC)c1. The van der Waals surface area contributed by atoms with E-state index in [1.54, 1.807) is 36.6 Å². The zero-order valence-corrected chi connectivity index (χ0v) is 22.2. The summed E-state index contributed by atoms with van der Waals surface area (Å²) in [7, 11) is -1.89. The Morgan fingerprint density at radius 3 is 2.32 bits per heavy atom. The fourth-order valence-electron chi connectivity index (χ4n) is 3.89. The molecule has 0 aliphatic heterocycles. The molecule has 1 unspecified atom stereocenters. The third kappa shape index (κ3) is 5.55. The van der Waals surface area contributed by atoms with E-state index < -0.39 is 38.4 Å². The molecule has 0 aliphatic rings. The van der Waals surface area contributed by atoms with Gasteiger partial charge in [-0.25, -0.2) is 30.9 Å². The van der Waals surface area contributed by atoms with Gasteiger partial charge in [-0.2, -0.15) is 0 Å². The number of ether oxygens (including phenoxy) is 2. The van der Waals surface area contributed by atoms with E-state index in [2.05, 4.69) is 10.3 Å². The van der Waals surface area contributed by atoms with Crippen molar-refractivity contribution in [2.24, 2.45) is 0 Å². The summed E-state index contributed by atoms with van der Waals surface area (Å²) in [6, 6.07) is 11.8. The van der Waals surface area contributed by atoms with Gasteiger partial charge in [0.25, 0.3) is 10.0 Å². The summed E-state index contributed by atoms with van der Waals surface area (Å²) < 4.78 is 83.5. The first-order chi connectivity index (χ1) is 18.1. The number of aromatic nitrogens is 1. The Balaban J connectivity index is 1.71. The minimum absolute atomic E-state index is 0.0112. The monoisotopic (exact) mass is 563 g/mol. The summed E-state index contributed by atoms with van der Waals surface area (Å²) in [5, 5.41) is 4.37. The van der Waals surface area contributed by atoms with Crippen LogP contribution in [0.3, 0.4) is 0 Å². The van der Waals surface area contributed by atoms with Gasteiger partial charge < -0.3 is 14.8 Å². The lowest BCUT2D eigenvalue weighted by Gasteiger charge is -2.24. The second-order valence-electron chi connectivity index (χ2n) is 8.16. The second kappa shape index (κ2) is 11.3. The molecule has 12 heteroatoms. The van der Waals surface area contributed by atoms with Crippen LogP contribution in [-0.2, 0) is 16.6 Å². The van der Waals surface area contributed by atoms with Gasteiger partial charge >= 0.3 is 0 Å². The minimum Gasteiger partial charge on any atom is -0.497 e. The molecule has 1 aromatic heterocycles. The molecule has 0 saturated carbocycles. The van der Waals surface area contributed by atoms with Crippen LogP contribution in [0.5, 0.6) is 11.5 Å². The van der Waals surface area contributed by atoms with Gasteiger partial charge in [0, 0.05) is 34.5 Å². The van der Waals surface area contributed by atoms with E-state index in [4.69, 9.17) is 9.47 Å². The van der Waals surface area contributed by atoms with Crippen LogP contribution in [0.4, 0.5) is 24.0 Å². The molecule has 0 bridgehead atoms. The van der Waals surface area contributed by atoms with E-state index in [9.17, 15) is 12.8 Å². The van der Waals surface area contributed by atoms with Crippen molar-refractivity contribution in [1.82, 2.24) is 4.98 Å². The number of nitrogens with one attached hydrogen (secondary N) is 1. The zero-order chi connectivity index (χ0) is 27.4. The number of methoxy groups -OCH3 is 2. The number of sulfonamides is 1. The molecule has 3 aromatic carbocycles. The van der Waals surface area contributed by atoms with Crippen molar-refractivity contribution in [3.63, 3.8) is 0 Å². The summed E-state index contributed by atoms with van der Waals surface area (Å²) in [6.07, 6.45) is 1.39. The summed E-state index contributed by atoms with van der Waals surface area (Å²) >= 11 is 0.993. The first kappa shape index (κ1) is 27.3. The van der Waals surface area contributed by atoms with Crippen LogP contribution in [-0.4, -0.2) is 27.6 Å². The predicted molar refractivity (Wildman–Crippen MR) is 140 cm³/mol. The van der Waals surface area contributed by atoms with E-state index in [0.717, 1.165) is 27.8 Å². The molecular weight excluding hydrogens is 539 g/mol. The van der Waals surface area contributed by atoms with E-state index >= 15 is 8.78 Å². The fraction of sp³-hybridized carbons (Fsp3) is 0.192. The van der Waals surface area contributed by atoms with E-state index in [1.807, 2.05) is 0 Å². The molecule has 0 spiro atoms. The second-order valence-corrected chi connectivity index (χ2v) is 10.8. The van der Waals surface area contributed by atoms with Crippen molar-refractivity contribution in [3.8, 4) is 11.5 Å². The van der Waals surface area contributed by atoms with Crippen LogP contribution in [0, 0.1) is 17.5 Å². The Morgan fingerprint density at radius 1 is 1.00 bits per heavy atom. The van der Waals surface area contributed by atoms with Crippen molar-refractivity contribution >= 4 is 32.2 Å². The molecule has 4 rings (SSSR count). The molecule has 4 aromatic rings. The summed E-state index contributed by atoms with van der Waals surface area (Å²) in [5.74, 6) is -2.29. The van der Waals surface area contributed by atoms with E-state index in [-0.39, 0.29) is 22.9 Å². The summed E-state index contributed by atoms with van der Waals surface area (Å²) in [4.78, 5) is 2.92. The van der Waals surface area contributed by atoms with E-state index in [1.165, 1.54) is 38.6 Å². The topological polar surface area (TPSA) is 80.8 Å². The predicted octanol–water partition coefficient (Wildman–Crippen LogP) is 6.15. The summed E-state index contributed by atoms with van der Waals surface area (Å²) in [6.45, 7) is 1.30. The molecule has 0 fully saturated rings. The highest BCUT2D eigenvalue weighted by molar-refractivity contribution is 7.93. The zero-order valence-electron chi connectivity index (χ0n) is 20.6. The molecule has 1 heterocycles. The van der Waals surface area contributed by atoms with Crippen LogP contribution >= 0.6 is 11.3 Å². The molecule has 1 N–H and O–H groups in total. The van der Waals surface area contributed by atoms with Crippen LogP contribution in [0.15, 0.2) is 71.1 Å². The van der Waals surface area contributed by atoms with Gasteiger partial charge in [0.05, 0.1) is 26.8 Å². The molecule has 1 atom stereocenters. The van der Waals surface area contributed by atoms with Gasteiger partial charge in [-0.15, -0.1) is 11.3 Å². The molecule has 7 nitrogen and oxygen atoms in total. The normalized spacial score (nSPS) is 12.2. The lowest BCUT2D eigenvalue weighted by atomic mass is 10.1. The molecule has 0 amide bonds. The standard InChI is InChI=1S/C26H24F3N3O4S2/c1-16(20-6-4-5-7-21(20)27)31-18-12-22(28)25(23(29)13-18)38(33,34)32(26-30-10-11-37-26)15-17-8-9-19(35-2)14-24(17)36-3/h4-14,16,31H,15H2,1-3H3. The van der Waals surface area contributed by atoms with Crippen molar-refractivity contribution in [2.75, 3.05) is 23.8 Å². The van der Waals surface area contributed by atoms with Crippen molar-refractivity contribution in [1.29, 1.82) is 0 Å². The molecule has 0 saturated heterocycles. The molecule has 0 aliphatic carbocycles. The highest BCUT2D eigenvalue weighted by Gasteiger charge is 2.34. The molecule has 200 valence electrons. The molecular formula is C26H24F3N3O4S2. The highest BCUT2D eigenvalue weighted by atomic mass is 32.2. The Bertz CT molecular complexity index is 1510. The van der Waals surface area contributed by atoms with Gasteiger partial charge in [0.15, 0.2) is 10.0 Å². The quantitative estimate of drug-likeness (QED) is 0.250. The number of hydrogen-bond donors (Lipinski definition) is 1. The van der Waals surface area contributed by atoms with Crippen molar-refractivity contribution in [2.45, 2.75) is 24.4 Å². The lowest BCUT2D eigenvalue weighted by Crippen LogP contribution is -2.32. The smallest absolute Gasteiger partial charge is 0.272 e. The Morgan fingerprint density at radius 2 is 1.71 bits per heavy atom. The van der Waals surface area contributed by atoms with Crippen LogP contribution in [0.25, 0.3) is 0 Å². The maximum atomic E-state index is 15.3. The summed E-state index contributed by atoms with van der Waals surface area (Å²) in [5.41, 5.74) is 0.658. The Hall–Kier alpha value is -3.77. The Kier molecular flexibility index (Phi) is 8.12. The number of benzene rings is 3. The van der Waals surface area contributed by atoms with Gasteiger partial charge in [0.1, 0.15) is 29.0 Å². The molecule has 38 heavy (non-hydrogen) atoms. The number of thiazole rings is 1. The van der Waals surface area contributed by atoms with Crippen LogP contribution in [0.1, 0.15) is 24.1 Å². The Labute approximate surface area is 222 Å². The van der Waals surface area contributed by atoms with Crippen molar-refractivity contribution < 1.29 is 31.1 Å². The van der Waals surface area contributed by atoms with Gasteiger partial charge in [-0.1, -0.05) is 18.2 Å². The van der Waals surface area contributed by atoms with E-state index in [0.29, 0.717) is 17.1 Å². The lowest BCUT2D eigenvalue weighted by molar-refractivity contribution is 0.391. The number of rotatable bonds is 10. The highest BCUT2D eigenvalue weighted by Crippen LogP contribution is 2.35.